The van der Waals surface area contributed by atoms with Gasteiger partial charge in [-0.15, -0.1) is 0 Å². The lowest BCUT2D eigenvalue weighted by molar-refractivity contribution is 0.546. The quantitative estimate of drug-likeness (QED) is 0.656. The first-order valence-corrected chi connectivity index (χ1v) is 8.07. The van der Waals surface area contributed by atoms with Gasteiger partial charge >= 0.3 is 0 Å². The third kappa shape index (κ3) is 3.21. The lowest BCUT2D eigenvalue weighted by atomic mass is 10.2. The molecule has 2 aromatic carbocycles. The standard InChI is InChI=1S/C13H9BrF3NO2S/c14-9-2-3-10(15)8(13(9)17)6-21(19,20)12-4-1-7(18)5-11(12)16/h1-5H,6,18H2. The molecule has 0 aliphatic rings. The molecule has 0 fully saturated rings. The van der Waals surface area contributed by atoms with Gasteiger partial charge in [0.25, 0.3) is 0 Å². The van der Waals surface area contributed by atoms with Crippen LogP contribution >= 0.6 is 15.9 Å². The van der Waals surface area contributed by atoms with Gasteiger partial charge in [0.05, 0.1) is 10.2 Å². The SMILES string of the molecule is Nc1ccc(S(=O)(=O)Cc2c(F)ccc(Br)c2F)c(F)c1. The van der Waals surface area contributed by atoms with Gasteiger partial charge in [0.2, 0.25) is 0 Å². The number of benzene rings is 2. The molecular formula is C13H9BrF3NO2S. The second-order valence-electron chi connectivity index (χ2n) is 4.27. The van der Waals surface area contributed by atoms with Crippen molar-refractivity contribution in [2.45, 2.75) is 10.6 Å². The summed E-state index contributed by atoms with van der Waals surface area (Å²) >= 11 is 2.84. The Labute approximate surface area is 127 Å². The van der Waals surface area contributed by atoms with Gasteiger partial charge in [-0.05, 0) is 46.3 Å². The summed E-state index contributed by atoms with van der Waals surface area (Å²) in [6, 6.07) is 5.04. The minimum atomic E-state index is -4.25. The van der Waals surface area contributed by atoms with Crippen LogP contribution in [-0.4, -0.2) is 8.42 Å². The summed E-state index contributed by atoms with van der Waals surface area (Å²) in [4.78, 5) is -0.657. The molecule has 8 heteroatoms. The molecular weight excluding hydrogens is 371 g/mol. The van der Waals surface area contributed by atoms with Crippen molar-refractivity contribution >= 4 is 31.5 Å². The van der Waals surface area contributed by atoms with E-state index in [2.05, 4.69) is 15.9 Å². The third-order valence-electron chi connectivity index (χ3n) is 2.76. The predicted octanol–water partition coefficient (Wildman–Crippen LogP) is 3.42. The van der Waals surface area contributed by atoms with E-state index in [9.17, 15) is 21.6 Å². The molecule has 0 saturated heterocycles. The van der Waals surface area contributed by atoms with Gasteiger partial charge in [0, 0.05) is 11.3 Å². The highest BCUT2D eigenvalue weighted by molar-refractivity contribution is 9.10. The molecule has 0 bridgehead atoms. The largest absolute Gasteiger partial charge is 0.399 e. The second-order valence-corrected chi connectivity index (χ2v) is 7.08. The van der Waals surface area contributed by atoms with Gasteiger partial charge in [-0.3, -0.25) is 0 Å². The highest BCUT2D eigenvalue weighted by Gasteiger charge is 2.24. The zero-order valence-electron chi connectivity index (χ0n) is 10.4. The zero-order valence-corrected chi connectivity index (χ0v) is 12.8. The minimum Gasteiger partial charge on any atom is -0.399 e. The number of hydrogen-bond donors (Lipinski definition) is 1. The van der Waals surface area contributed by atoms with E-state index in [1.807, 2.05) is 0 Å². The van der Waals surface area contributed by atoms with Crippen LogP contribution in [0.2, 0.25) is 0 Å². The summed E-state index contributed by atoms with van der Waals surface area (Å²) in [5.41, 5.74) is 4.73. The van der Waals surface area contributed by atoms with Gasteiger partial charge < -0.3 is 5.73 Å². The van der Waals surface area contributed by atoms with E-state index >= 15 is 0 Å². The summed E-state index contributed by atoms with van der Waals surface area (Å²) in [5, 5.41) is 0. The van der Waals surface area contributed by atoms with Gasteiger partial charge in [-0.2, -0.15) is 0 Å². The van der Waals surface area contributed by atoms with E-state index in [-0.39, 0.29) is 10.2 Å². The third-order valence-corrected chi connectivity index (χ3v) is 5.05. The van der Waals surface area contributed by atoms with Crippen molar-refractivity contribution in [3.63, 3.8) is 0 Å². The van der Waals surface area contributed by atoms with Crippen molar-refractivity contribution in [1.29, 1.82) is 0 Å². The molecule has 0 aliphatic carbocycles. The number of halogens is 4. The smallest absolute Gasteiger partial charge is 0.185 e. The Morgan fingerprint density at radius 1 is 1.05 bits per heavy atom. The molecule has 0 radical (unpaired) electrons. The first-order chi connectivity index (χ1) is 9.72. The molecule has 0 aliphatic heterocycles. The lowest BCUT2D eigenvalue weighted by Crippen LogP contribution is -2.10. The highest BCUT2D eigenvalue weighted by Crippen LogP contribution is 2.27. The van der Waals surface area contributed by atoms with Crippen LogP contribution in [0.1, 0.15) is 5.56 Å². The van der Waals surface area contributed by atoms with E-state index < -0.39 is 43.5 Å². The average Bonchev–Trinajstić information content (AvgIpc) is 2.39. The molecule has 2 N–H and O–H groups in total. The lowest BCUT2D eigenvalue weighted by Gasteiger charge is -2.09. The molecule has 112 valence electrons. The summed E-state index contributed by atoms with van der Waals surface area (Å²) in [7, 11) is -4.25. The number of sulfone groups is 1. The molecule has 0 aromatic heterocycles. The van der Waals surface area contributed by atoms with Crippen molar-refractivity contribution in [1.82, 2.24) is 0 Å². The van der Waals surface area contributed by atoms with Gasteiger partial charge in [0.15, 0.2) is 9.84 Å². The molecule has 2 rings (SSSR count). The molecule has 3 nitrogen and oxygen atoms in total. The van der Waals surface area contributed by atoms with E-state index in [0.29, 0.717) is 0 Å². The van der Waals surface area contributed by atoms with Crippen LogP contribution < -0.4 is 5.73 Å². The molecule has 0 heterocycles. The maximum atomic E-state index is 13.8. The highest BCUT2D eigenvalue weighted by atomic mass is 79.9. The van der Waals surface area contributed by atoms with Crippen molar-refractivity contribution in [2.75, 3.05) is 5.73 Å². The number of rotatable bonds is 3. The van der Waals surface area contributed by atoms with Crippen LogP contribution in [-0.2, 0) is 15.6 Å². The van der Waals surface area contributed by atoms with Crippen LogP contribution in [0.3, 0.4) is 0 Å². The molecule has 0 spiro atoms. The number of nitrogens with two attached hydrogens (primary N) is 1. The molecule has 2 aromatic rings. The van der Waals surface area contributed by atoms with Crippen LogP contribution in [0, 0.1) is 17.5 Å². The average molecular weight is 380 g/mol. The Morgan fingerprint density at radius 3 is 2.33 bits per heavy atom. The molecule has 21 heavy (non-hydrogen) atoms. The fourth-order valence-corrected chi connectivity index (χ4v) is 3.54. The summed E-state index contributed by atoms with van der Waals surface area (Å²) in [6.07, 6.45) is 0. The van der Waals surface area contributed by atoms with Crippen molar-refractivity contribution < 1.29 is 21.6 Å². The van der Waals surface area contributed by atoms with Crippen molar-refractivity contribution in [3.8, 4) is 0 Å². The number of anilines is 1. The summed E-state index contributed by atoms with van der Waals surface area (Å²) < 4.78 is 65.2. The number of hydrogen-bond acceptors (Lipinski definition) is 3. The Hall–Kier alpha value is -1.54. The van der Waals surface area contributed by atoms with Crippen LogP contribution in [0.4, 0.5) is 18.9 Å². The first-order valence-electron chi connectivity index (χ1n) is 5.62. The predicted molar refractivity (Wildman–Crippen MR) is 75.8 cm³/mol. The minimum absolute atomic E-state index is 0.0475. The maximum absolute atomic E-state index is 13.8. The Balaban J connectivity index is 2.50. The summed E-state index contributed by atoms with van der Waals surface area (Å²) in [6.45, 7) is 0. The van der Waals surface area contributed by atoms with Crippen LogP contribution in [0.5, 0.6) is 0 Å². The summed E-state index contributed by atoms with van der Waals surface area (Å²) in [5.74, 6) is -4.11. The normalized spacial score (nSPS) is 11.6. The van der Waals surface area contributed by atoms with Gasteiger partial charge in [-0.25, -0.2) is 21.6 Å². The topological polar surface area (TPSA) is 60.2 Å². The first kappa shape index (κ1) is 15.8. The molecule has 0 amide bonds. The fourth-order valence-electron chi connectivity index (χ4n) is 1.74. The van der Waals surface area contributed by atoms with Crippen LogP contribution in [0.15, 0.2) is 39.7 Å². The van der Waals surface area contributed by atoms with Gasteiger partial charge in [0.1, 0.15) is 22.3 Å². The van der Waals surface area contributed by atoms with Crippen molar-refractivity contribution in [3.05, 3.63) is 57.8 Å². The monoisotopic (exact) mass is 379 g/mol. The van der Waals surface area contributed by atoms with E-state index in [0.717, 1.165) is 24.3 Å². The Bertz CT molecular complexity index is 809. The van der Waals surface area contributed by atoms with E-state index in [4.69, 9.17) is 5.73 Å². The molecule has 0 unspecified atom stereocenters. The Morgan fingerprint density at radius 2 is 1.71 bits per heavy atom. The van der Waals surface area contributed by atoms with Crippen molar-refractivity contribution in [2.24, 2.45) is 0 Å². The number of nitrogen functional groups attached to an aromatic ring is 1. The molecule has 0 atom stereocenters. The Kier molecular flexibility index (Phi) is 4.29. The fraction of sp³-hybridized carbons (Fsp3) is 0.0769. The van der Waals surface area contributed by atoms with Gasteiger partial charge in [-0.1, -0.05) is 0 Å². The van der Waals surface area contributed by atoms with E-state index in [1.54, 1.807) is 0 Å². The zero-order chi connectivity index (χ0) is 15.8. The molecule has 0 saturated carbocycles. The van der Waals surface area contributed by atoms with Crippen LogP contribution in [0.25, 0.3) is 0 Å². The van der Waals surface area contributed by atoms with E-state index in [1.165, 1.54) is 6.07 Å². The maximum Gasteiger partial charge on any atom is 0.185 e. The second kappa shape index (κ2) is 5.69.